The molecule has 0 fully saturated rings. The highest BCUT2D eigenvalue weighted by atomic mass is 32.1. The van der Waals surface area contributed by atoms with Crippen LogP contribution in [-0.4, -0.2) is 16.1 Å². The summed E-state index contributed by atoms with van der Waals surface area (Å²) in [5.41, 5.74) is 0.818. The average Bonchev–Trinajstić information content (AvgIpc) is 3.11. The van der Waals surface area contributed by atoms with Gasteiger partial charge in [0.25, 0.3) is 0 Å². The van der Waals surface area contributed by atoms with Crippen LogP contribution < -0.4 is 5.32 Å². The van der Waals surface area contributed by atoms with E-state index in [1.807, 2.05) is 18.4 Å². The molecule has 21 heavy (non-hydrogen) atoms. The highest BCUT2D eigenvalue weighted by molar-refractivity contribution is 7.09. The van der Waals surface area contributed by atoms with Crippen LogP contribution in [0.4, 0.5) is 0 Å². The van der Waals surface area contributed by atoms with Gasteiger partial charge in [-0.1, -0.05) is 18.2 Å². The number of nitrogens with one attached hydrogen (secondary N) is 1. The molecule has 0 aliphatic heterocycles. The van der Waals surface area contributed by atoms with Crippen LogP contribution in [0.1, 0.15) is 34.1 Å². The van der Waals surface area contributed by atoms with Crippen molar-refractivity contribution >= 4 is 28.3 Å². The topological polar surface area (TPSA) is 75.4 Å². The van der Waals surface area contributed by atoms with Crippen LogP contribution in [-0.2, 0) is 6.54 Å². The number of furan rings is 1. The van der Waals surface area contributed by atoms with E-state index in [1.54, 1.807) is 35.7 Å². The molecule has 0 spiro atoms. The molecule has 6 heteroatoms. The quantitative estimate of drug-likeness (QED) is 0.755. The second kappa shape index (κ2) is 5.67. The molecular weight excluding hydrogens is 288 g/mol. The molecular formula is C15H14N2O3S. The molecule has 2 heterocycles. The lowest BCUT2D eigenvalue weighted by atomic mass is 10.1. The highest BCUT2D eigenvalue weighted by Crippen LogP contribution is 2.26. The van der Waals surface area contributed by atoms with Crippen molar-refractivity contribution in [1.29, 1.82) is 0 Å². The monoisotopic (exact) mass is 302 g/mol. The number of benzene rings is 1. The molecule has 0 saturated carbocycles. The fourth-order valence-electron chi connectivity index (χ4n) is 2.24. The number of rotatable bonds is 5. The number of para-hydroxylation sites is 1. The first kappa shape index (κ1) is 13.8. The molecule has 1 atom stereocenters. The van der Waals surface area contributed by atoms with Gasteiger partial charge in [-0.05, 0) is 13.0 Å². The molecule has 5 nitrogen and oxygen atoms in total. The highest BCUT2D eigenvalue weighted by Gasteiger charge is 2.20. The van der Waals surface area contributed by atoms with Crippen LogP contribution in [0.2, 0.25) is 0 Å². The molecule has 0 radical (unpaired) electrons. The van der Waals surface area contributed by atoms with Crippen LogP contribution in [0.25, 0.3) is 11.0 Å². The van der Waals surface area contributed by atoms with E-state index in [-0.39, 0.29) is 11.6 Å². The number of thiazole rings is 1. The van der Waals surface area contributed by atoms with Crippen LogP contribution in [0.3, 0.4) is 0 Å². The molecule has 0 aliphatic rings. The Kier molecular flexibility index (Phi) is 3.72. The Labute approximate surface area is 125 Å². The lowest BCUT2D eigenvalue weighted by Crippen LogP contribution is -2.18. The molecule has 3 rings (SSSR count). The van der Waals surface area contributed by atoms with E-state index >= 15 is 0 Å². The first-order chi connectivity index (χ1) is 10.2. The minimum absolute atomic E-state index is 0.0415. The van der Waals surface area contributed by atoms with Crippen molar-refractivity contribution in [2.75, 3.05) is 0 Å². The average molecular weight is 302 g/mol. The second-order valence-electron chi connectivity index (χ2n) is 4.67. The summed E-state index contributed by atoms with van der Waals surface area (Å²) in [7, 11) is 0. The number of carboxylic acid groups (broad SMARTS) is 1. The molecule has 0 aliphatic carbocycles. The summed E-state index contributed by atoms with van der Waals surface area (Å²) >= 11 is 1.56. The van der Waals surface area contributed by atoms with Crippen molar-refractivity contribution in [3.63, 3.8) is 0 Å². The molecule has 108 valence electrons. The van der Waals surface area contributed by atoms with Crippen LogP contribution in [0.15, 0.2) is 40.3 Å². The Morgan fingerprint density at radius 3 is 3.00 bits per heavy atom. The molecule has 1 unspecified atom stereocenters. The predicted octanol–water partition coefficient (Wildman–Crippen LogP) is 3.44. The summed E-state index contributed by atoms with van der Waals surface area (Å²) < 4.78 is 5.67. The van der Waals surface area contributed by atoms with E-state index in [1.165, 1.54) is 0 Å². The molecule has 0 bridgehead atoms. The normalized spacial score (nSPS) is 12.6. The van der Waals surface area contributed by atoms with Crippen molar-refractivity contribution in [2.45, 2.75) is 19.5 Å². The van der Waals surface area contributed by atoms with E-state index in [9.17, 15) is 9.90 Å². The Morgan fingerprint density at radius 1 is 1.48 bits per heavy atom. The zero-order chi connectivity index (χ0) is 14.8. The first-order valence-corrected chi connectivity index (χ1v) is 7.41. The van der Waals surface area contributed by atoms with Gasteiger partial charge in [0.2, 0.25) is 0 Å². The largest absolute Gasteiger partial charge is 0.478 e. The number of carboxylic acids is 1. The van der Waals surface area contributed by atoms with Gasteiger partial charge in [0.1, 0.15) is 21.9 Å². The van der Waals surface area contributed by atoms with Crippen molar-refractivity contribution in [3.05, 3.63) is 52.2 Å². The van der Waals surface area contributed by atoms with Crippen molar-refractivity contribution < 1.29 is 14.3 Å². The summed E-state index contributed by atoms with van der Waals surface area (Å²) in [6, 6.07) is 7.21. The SMILES string of the molecule is CC(NCc1oc2ccccc2c1C(=O)O)c1nccs1. The van der Waals surface area contributed by atoms with Gasteiger partial charge in [-0.25, -0.2) is 9.78 Å². The van der Waals surface area contributed by atoms with Gasteiger partial charge in [0, 0.05) is 17.0 Å². The lowest BCUT2D eigenvalue weighted by molar-refractivity contribution is 0.0696. The van der Waals surface area contributed by atoms with Crippen molar-refractivity contribution in [1.82, 2.24) is 10.3 Å². The molecule has 2 aromatic heterocycles. The lowest BCUT2D eigenvalue weighted by Gasteiger charge is -2.09. The third kappa shape index (κ3) is 2.68. The minimum atomic E-state index is -0.973. The fourth-order valence-corrected chi connectivity index (χ4v) is 2.91. The van der Waals surface area contributed by atoms with E-state index < -0.39 is 5.97 Å². The van der Waals surface area contributed by atoms with Gasteiger partial charge in [-0.2, -0.15) is 0 Å². The van der Waals surface area contributed by atoms with Gasteiger partial charge in [-0.3, -0.25) is 0 Å². The number of nitrogens with zero attached hydrogens (tertiary/aromatic N) is 1. The molecule has 0 saturated heterocycles. The summed E-state index contributed by atoms with van der Waals surface area (Å²) in [5.74, 6) is -0.536. The molecule has 3 aromatic rings. The third-order valence-corrected chi connectivity index (χ3v) is 4.23. The molecule has 0 amide bonds. The summed E-state index contributed by atoms with van der Waals surface area (Å²) in [6.45, 7) is 2.33. The zero-order valence-corrected chi connectivity index (χ0v) is 12.2. The van der Waals surface area contributed by atoms with Gasteiger partial charge in [0.15, 0.2) is 0 Å². The first-order valence-electron chi connectivity index (χ1n) is 6.53. The van der Waals surface area contributed by atoms with E-state index in [4.69, 9.17) is 4.42 Å². The minimum Gasteiger partial charge on any atom is -0.478 e. The standard InChI is InChI=1S/C15H14N2O3S/c1-9(14-16-6-7-21-14)17-8-12-13(15(18)19)10-4-2-3-5-11(10)20-12/h2-7,9,17H,8H2,1H3,(H,18,19). The fraction of sp³-hybridized carbons (Fsp3) is 0.200. The Morgan fingerprint density at radius 2 is 2.29 bits per heavy atom. The number of aromatic nitrogens is 1. The third-order valence-electron chi connectivity index (χ3n) is 3.27. The van der Waals surface area contributed by atoms with E-state index in [2.05, 4.69) is 10.3 Å². The van der Waals surface area contributed by atoms with Crippen LogP contribution in [0, 0.1) is 0 Å². The molecule has 2 N–H and O–H groups in total. The predicted molar refractivity (Wildman–Crippen MR) is 80.5 cm³/mol. The van der Waals surface area contributed by atoms with Gasteiger partial charge < -0.3 is 14.8 Å². The van der Waals surface area contributed by atoms with E-state index in [0.29, 0.717) is 23.3 Å². The molecule has 1 aromatic carbocycles. The van der Waals surface area contributed by atoms with Gasteiger partial charge in [0.05, 0.1) is 12.6 Å². The van der Waals surface area contributed by atoms with Crippen LogP contribution in [0.5, 0.6) is 0 Å². The number of aromatic carboxylic acids is 1. The summed E-state index contributed by atoms with van der Waals surface area (Å²) in [4.78, 5) is 15.7. The number of carbonyl (C=O) groups is 1. The summed E-state index contributed by atoms with van der Waals surface area (Å²) in [6.07, 6.45) is 1.75. The number of hydrogen-bond acceptors (Lipinski definition) is 5. The van der Waals surface area contributed by atoms with Crippen molar-refractivity contribution in [3.8, 4) is 0 Å². The van der Waals surface area contributed by atoms with Crippen LogP contribution >= 0.6 is 11.3 Å². The van der Waals surface area contributed by atoms with Crippen molar-refractivity contribution in [2.24, 2.45) is 0 Å². The second-order valence-corrected chi connectivity index (χ2v) is 5.60. The van der Waals surface area contributed by atoms with E-state index in [0.717, 1.165) is 5.01 Å². The maximum absolute atomic E-state index is 11.5. The maximum atomic E-state index is 11.5. The zero-order valence-electron chi connectivity index (χ0n) is 11.4. The van der Waals surface area contributed by atoms with Gasteiger partial charge >= 0.3 is 5.97 Å². The Bertz CT molecular complexity index is 764. The smallest absolute Gasteiger partial charge is 0.339 e. The summed E-state index contributed by atoms with van der Waals surface area (Å²) in [5, 5.41) is 16.2. The number of fused-ring (bicyclic) bond motifs is 1. The number of hydrogen-bond donors (Lipinski definition) is 2. The Balaban J connectivity index is 1.86. The van der Waals surface area contributed by atoms with Gasteiger partial charge in [-0.15, -0.1) is 11.3 Å². The maximum Gasteiger partial charge on any atom is 0.339 e. The Hall–Kier alpha value is -2.18.